The van der Waals surface area contributed by atoms with Gasteiger partial charge in [-0.3, -0.25) is 4.57 Å². The molecule has 0 radical (unpaired) electrons. The maximum absolute atomic E-state index is 12.9. The molecule has 0 unspecified atom stereocenters. The monoisotopic (exact) mass is 291 g/mol. The van der Waals surface area contributed by atoms with Crippen molar-refractivity contribution in [3.05, 3.63) is 67.6 Å². The van der Waals surface area contributed by atoms with Crippen LogP contribution in [0.15, 0.2) is 44.3 Å². The van der Waals surface area contributed by atoms with Gasteiger partial charge in [-0.1, -0.05) is 12.1 Å². The predicted octanol–water partition coefficient (Wildman–Crippen LogP) is 2.51. The molecular formula is C14H10FNO3S. The molecule has 0 N–H and O–H groups in total. The topological polar surface area (TPSA) is 52.2 Å². The first kappa shape index (κ1) is 12.8. The largest absolute Gasteiger partial charge is 0.423 e. The van der Waals surface area contributed by atoms with E-state index in [1.165, 1.54) is 28.0 Å². The first-order valence-electron chi connectivity index (χ1n) is 5.93. The van der Waals surface area contributed by atoms with E-state index in [0.717, 1.165) is 10.4 Å². The molecule has 1 aromatic carbocycles. The summed E-state index contributed by atoms with van der Waals surface area (Å²) < 4.78 is 19.0. The van der Waals surface area contributed by atoms with Crippen LogP contribution >= 0.6 is 11.3 Å². The Morgan fingerprint density at radius 1 is 1.25 bits per heavy atom. The van der Waals surface area contributed by atoms with Gasteiger partial charge in [-0.25, -0.2) is 14.0 Å². The van der Waals surface area contributed by atoms with Gasteiger partial charge >= 0.3 is 11.4 Å². The molecule has 2 aromatic heterocycles. The van der Waals surface area contributed by atoms with E-state index in [0.29, 0.717) is 10.2 Å². The highest BCUT2D eigenvalue weighted by Crippen LogP contribution is 2.21. The Morgan fingerprint density at radius 3 is 2.65 bits per heavy atom. The summed E-state index contributed by atoms with van der Waals surface area (Å²) in [5.41, 5.74) is 0.138. The Hall–Kier alpha value is -2.21. The van der Waals surface area contributed by atoms with Crippen molar-refractivity contribution in [1.82, 2.24) is 4.57 Å². The molecule has 0 spiro atoms. The standard InChI is InChI=1S/C14H10FNO3S/c1-8-6-11-12(20-8)16(14(18)19-13(11)17)7-9-2-4-10(15)5-3-9/h2-6H,7H2,1H3. The minimum absolute atomic E-state index is 0.235. The Balaban J connectivity index is 2.18. The molecule has 6 heteroatoms. The number of nitrogens with zero attached hydrogens (tertiary/aromatic N) is 1. The van der Waals surface area contributed by atoms with Crippen molar-refractivity contribution in [3.8, 4) is 0 Å². The van der Waals surface area contributed by atoms with Crippen LogP contribution in [-0.2, 0) is 6.54 Å². The van der Waals surface area contributed by atoms with Gasteiger partial charge in [-0.2, -0.15) is 0 Å². The summed E-state index contributed by atoms with van der Waals surface area (Å²) in [4.78, 5) is 25.0. The number of thiophene rings is 1. The van der Waals surface area contributed by atoms with Crippen LogP contribution in [0, 0.1) is 12.7 Å². The third kappa shape index (κ3) is 2.18. The number of benzene rings is 1. The zero-order valence-corrected chi connectivity index (χ0v) is 11.4. The SMILES string of the molecule is Cc1cc2c(=O)oc(=O)n(Cc3ccc(F)cc3)c2s1. The summed E-state index contributed by atoms with van der Waals surface area (Å²) in [7, 11) is 0. The smallest absolute Gasteiger partial charge is 0.372 e. The summed E-state index contributed by atoms with van der Waals surface area (Å²) in [6, 6.07) is 7.55. The molecule has 4 nitrogen and oxygen atoms in total. The summed E-state index contributed by atoms with van der Waals surface area (Å²) in [5.74, 6) is -1.04. The first-order chi connectivity index (χ1) is 9.54. The van der Waals surface area contributed by atoms with Crippen LogP contribution in [0.4, 0.5) is 4.39 Å². The molecule has 102 valence electrons. The van der Waals surface area contributed by atoms with Crippen molar-refractivity contribution in [2.75, 3.05) is 0 Å². The lowest BCUT2D eigenvalue weighted by molar-refractivity contribution is 0.426. The van der Waals surface area contributed by atoms with E-state index in [1.807, 2.05) is 6.92 Å². The third-order valence-electron chi connectivity index (χ3n) is 2.96. The number of aryl methyl sites for hydroxylation is 1. The lowest BCUT2D eigenvalue weighted by Crippen LogP contribution is -2.24. The highest BCUT2D eigenvalue weighted by Gasteiger charge is 2.12. The fraction of sp³-hybridized carbons (Fsp3) is 0.143. The van der Waals surface area contributed by atoms with E-state index in [4.69, 9.17) is 4.42 Å². The van der Waals surface area contributed by atoms with Crippen molar-refractivity contribution in [2.24, 2.45) is 0 Å². The number of aromatic nitrogens is 1. The molecule has 0 bridgehead atoms. The van der Waals surface area contributed by atoms with Crippen molar-refractivity contribution in [2.45, 2.75) is 13.5 Å². The van der Waals surface area contributed by atoms with E-state index in [2.05, 4.69) is 0 Å². The minimum atomic E-state index is -0.700. The van der Waals surface area contributed by atoms with Gasteiger partial charge < -0.3 is 4.42 Å². The summed E-state index contributed by atoms with van der Waals surface area (Å²) in [5, 5.41) is 0.397. The molecular weight excluding hydrogens is 281 g/mol. The summed E-state index contributed by atoms with van der Waals surface area (Å²) in [6.07, 6.45) is 0. The van der Waals surface area contributed by atoms with Crippen LogP contribution in [0.1, 0.15) is 10.4 Å². The predicted molar refractivity (Wildman–Crippen MR) is 74.9 cm³/mol. The fourth-order valence-electron chi connectivity index (χ4n) is 2.03. The van der Waals surface area contributed by atoms with Crippen LogP contribution in [-0.4, -0.2) is 4.57 Å². The van der Waals surface area contributed by atoms with Gasteiger partial charge in [-0.05, 0) is 30.7 Å². The highest BCUT2D eigenvalue weighted by molar-refractivity contribution is 7.18. The number of fused-ring (bicyclic) bond motifs is 1. The minimum Gasteiger partial charge on any atom is -0.372 e. The molecule has 0 atom stereocenters. The molecule has 0 amide bonds. The van der Waals surface area contributed by atoms with Crippen LogP contribution in [0.5, 0.6) is 0 Å². The molecule has 3 aromatic rings. The zero-order valence-electron chi connectivity index (χ0n) is 10.6. The highest BCUT2D eigenvalue weighted by atomic mass is 32.1. The molecule has 0 aliphatic heterocycles. The first-order valence-corrected chi connectivity index (χ1v) is 6.75. The maximum Gasteiger partial charge on any atom is 0.423 e. The fourth-order valence-corrected chi connectivity index (χ4v) is 3.01. The average molecular weight is 291 g/mol. The van der Waals surface area contributed by atoms with Gasteiger partial charge in [0, 0.05) is 4.88 Å². The second-order valence-electron chi connectivity index (χ2n) is 4.44. The second kappa shape index (κ2) is 4.72. The molecule has 0 aliphatic rings. The molecule has 2 heterocycles. The van der Waals surface area contributed by atoms with Crippen LogP contribution in [0.25, 0.3) is 10.2 Å². The van der Waals surface area contributed by atoms with Gasteiger partial charge in [0.25, 0.3) is 0 Å². The summed E-state index contributed by atoms with van der Waals surface area (Å²) >= 11 is 1.36. The lowest BCUT2D eigenvalue weighted by Gasteiger charge is -2.05. The van der Waals surface area contributed by atoms with Crippen molar-refractivity contribution in [1.29, 1.82) is 0 Å². The van der Waals surface area contributed by atoms with Crippen LogP contribution in [0.3, 0.4) is 0 Å². The van der Waals surface area contributed by atoms with E-state index in [-0.39, 0.29) is 12.4 Å². The van der Waals surface area contributed by atoms with Gasteiger partial charge in [0.05, 0.1) is 11.9 Å². The average Bonchev–Trinajstić information content (AvgIpc) is 2.79. The number of rotatable bonds is 2. The van der Waals surface area contributed by atoms with Gasteiger partial charge in [0.15, 0.2) is 0 Å². The van der Waals surface area contributed by atoms with Crippen LogP contribution in [0.2, 0.25) is 0 Å². The Kier molecular flexibility index (Phi) is 3.02. The third-order valence-corrected chi connectivity index (χ3v) is 4.03. The van der Waals surface area contributed by atoms with E-state index >= 15 is 0 Å². The molecule has 0 saturated carbocycles. The number of hydrogen-bond acceptors (Lipinski definition) is 4. The lowest BCUT2D eigenvalue weighted by atomic mass is 10.2. The van der Waals surface area contributed by atoms with Crippen LogP contribution < -0.4 is 11.4 Å². The molecule has 0 saturated heterocycles. The van der Waals surface area contributed by atoms with E-state index in [9.17, 15) is 14.0 Å². The van der Waals surface area contributed by atoms with Crippen molar-refractivity contribution in [3.63, 3.8) is 0 Å². The quantitative estimate of drug-likeness (QED) is 0.729. The maximum atomic E-state index is 12.9. The van der Waals surface area contributed by atoms with Gasteiger partial charge in [-0.15, -0.1) is 11.3 Å². The van der Waals surface area contributed by atoms with E-state index < -0.39 is 11.4 Å². The molecule has 0 aliphatic carbocycles. The zero-order chi connectivity index (χ0) is 14.3. The molecule has 3 rings (SSSR count). The Bertz CT molecular complexity index is 889. The number of hydrogen-bond donors (Lipinski definition) is 0. The van der Waals surface area contributed by atoms with Gasteiger partial charge in [0.2, 0.25) is 0 Å². The Labute approximate surface area is 116 Å². The van der Waals surface area contributed by atoms with Crippen molar-refractivity contribution >= 4 is 21.6 Å². The van der Waals surface area contributed by atoms with E-state index in [1.54, 1.807) is 18.2 Å². The van der Waals surface area contributed by atoms with Gasteiger partial charge in [0.1, 0.15) is 10.6 Å². The molecule has 0 fully saturated rings. The summed E-state index contributed by atoms with van der Waals surface area (Å²) in [6.45, 7) is 2.09. The Morgan fingerprint density at radius 2 is 1.95 bits per heavy atom. The normalized spacial score (nSPS) is 11.1. The van der Waals surface area contributed by atoms with Crippen molar-refractivity contribution < 1.29 is 8.81 Å². The number of halogens is 1. The second-order valence-corrected chi connectivity index (χ2v) is 5.68. The molecule has 20 heavy (non-hydrogen) atoms.